The number of hydrogen-bond donors (Lipinski definition) is 1. The Balaban J connectivity index is 1.69. The van der Waals surface area contributed by atoms with Gasteiger partial charge in [-0.3, -0.25) is 9.63 Å². The van der Waals surface area contributed by atoms with Gasteiger partial charge in [0.2, 0.25) is 0 Å². The number of nitrogens with zero attached hydrogens (tertiary/aromatic N) is 1. The summed E-state index contributed by atoms with van der Waals surface area (Å²) in [6.45, 7) is 1.58. The van der Waals surface area contributed by atoms with Crippen molar-refractivity contribution in [2.45, 2.75) is 49.3 Å². The molecule has 0 amide bonds. The summed E-state index contributed by atoms with van der Waals surface area (Å²) < 4.78 is 5.16. The van der Waals surface area contributed by atoms with Crippen LogP contribution in [0.25, 0.3) is 0 Å². The molecule has 1 aromatic carbocycles. The molecular weight excluding hydrogens is 332 g/mol. The van der Waals surface area contributed by atoms with Crippen LogP contribution in [0.4, 0.5) is 5.69 Å². The van der Waals surface area contributed by atoms with Crippen LogP contribution in [0.5, 0.6) is 0 Å². The van der Waals surface area contributed by atoms with E-state index in [4.69, 9.17) is 9.57 Å². The molecule has 5 atom stereocenters. The van der Waals surface area contributed by atoms with E-state index in [2.05, 4.69) is 28.6 Å². The lowest BCUT2D eigenvalue weighted by Gasteiger charge is -2.51. The molecule has 1 N–H and O–H groups in total. The molecule has 26 heavy (non-hydrogen) atoms. The maximum atomic E-state index is 12.9. The van der Waals surface area contributed by atoms with Crippen LogP contribution in [0, 0.1) is 5.92 Å². The quantitative estimate of drug-likeness (QED) is 0.820. The fourth-order valence-electron chi connectivity index (χ4n) is 6.43. The molecule has 0 aromatic heterocycles. The molecule has 1 spiro atoms. The van der Waals surface area contributed by atoms with E-state index in [0.717, 1.165) is 24.2 Å². The minimum atomic E-state index is -0.930. The first-order chi connectivity index (χ1) is 12.5. The van der Waals surface area contributed by atoms with E-state index >= 15 is 0 Å². The third kappa shape index (κ3) is 1.35. The zero-order valence-corrected chi connectivity index (χ0v) is 14.7. The maximum Gasteiger partial charge on any atom is 0.335 e. The summed E-state index contributed by atoms with van der Waals surface area (Å²) in [7, 11) is 1.41. The molecule has 6 nitrogen and oxygen atoms in total. The third-order valence-electron chi connectivity index (χ3n) is 7.36. The lowest BCUT2D eigenvalue weighted by molar-refractivity contribution is -0.257. The van der Waals surface area contributed by atoms with Crippen molar-refractivity contribution in [3.05, 3.63) is 41.1 Å². The van der Waals surface area contributed by atoms with Gasteiger partial charge in [-0.2, -0.15) is 5.06 Å². The van der Waals surface area contributed by atoms with Crippen LogP contribution in [0.2, 0.25) is 0 Å². The molecule has 0 saturated carbocycles. The average molecular weight is 352 g/mol. The van der Waals surface area contributed by atoms with Crippen LogP contribution in [0.15, 0.2) is 35.5 Å². The number of carbonyl (C=O) groups excluding carboxylic acids is 2. The first kappa shape index (κ1) is 14.9. The molecular formula is C20H20N2O4. The summed E-state index contributed by atoms with van der Waals surface area (Å²) >= 11 is 0. The Labute approximate surface area is 151 Å². The van der Waals surface area contributed by atoms with Gasteiger partial charge in [-0.05, 0) is 31.4 Å². The Morgan fingerprint density at radius 1 is 1.31 bits per heavy atom. The second-order valence-electron chi connectivity index (χ2n) is 8.19. The molecule has 4 heterocycles. The normalized spacial score (nSPS) is 41.1. The van der Waals surface area contributed by atoms with Gasteiger partial charge in [0.15, 0.2) is 11.4 Å². The fraction of sp³-hybridized carbons (Fsp3) is 0.500. The van der Waals surface area contributed by atoms with Crippen LogP contribution in [-0.4, -0.2) is 41.6 Å². The van der Waals surface area contributed by atoms with E-state index in [1.54, 1.807) is 6.92 Å². The number of hydroxylamine groups is 2. The van der Waals surface area contributed by atoms with Crippen molar-refractivity contribution in [2.75, 3.05) is 12.4 Å². The highest BCUT2D eigenvalue weighted by Gasteiger charge is 2.74. The molecule has 134 valence electrons. The summed E-state index contributed by atoms with van der Waals surface area (Å²) in [6.07, 6.45) is 2.26. The number of methoxy groups -OCH3 is 1. The predicted molar refractivity (Wildman–Crippen MR) is 92.0 cm³/mol. The van der Waals surface area contributed by atoms with Crippen molar-refractivity contribution in [3.8, 4) is 0 Å². The number of ether oxygens (including phenoxy) is 1. The number of Topliss-reactive ketones (excluding diaryl/α,β-unsaturated/α-hetero) is 1. The Bertz CT molecular complexity index is 920. The minimum absolute atomic E-state index is 0.000337. The molecule has 2 unspecified atom stereocenters. The van der Waals surface area contributed by atoms with Gasteiger partial charge < -0.3 is 10.1 Å². The molecule has 6 heteroatoms. The van der Waals surface area contributed by atoms with E-state index in [0.29, 0.717) is 12.0 Å². The lowest BCUT2D eigenvalue weighted by atomic mass is 9.57. The van der Waals surface area contributed by atoms with Gasteiger partial charge >= 0.3 is 5.97 Å². The molecule has 5 aliphatic rings. The number of anilines is 1. The number of benzene rings is 1. The van der Waals surface area contributed by atoms with E-state index in [-0.39, 0.29) is 35.2 Å². The highest BCUT2D eigenvalue weighted by atomic mass is 16.7. The van der Waals surface area contributed by atoms with E-state index in [1.165, 1.54) is 12.7 Å². The zero-order chi connectivity index (χ0) is 17.8. The summed E-state index contributed by atoms with van der Waals surface area (Å²) in [5.74, 6) is -0.611. The largest absolute Gasteiger partial charge is 0.466 e. The maximum absolute atomic E-state index is 12.9. The Hall–Kier alpha value is -2.18. The van der Waals surface area contributed by atoms with E-state index < -0.39 is 5.60 Å². The second kappa shape index (κ2) is 4.38. The number of rotatable bonds is 2. The molecule has 3 saturated heterocycles. The highest BCUT2D eigenvalue weighted by molar-refractivity contribution is 5.97. The van der Waals surface area contributed by atoms with Crippen LogP contribution < -0.4 is 5.32 Å². The monoisotopic (exact) mass is 352 g/mol. The van der Waals surface area contributed by atoms with Crippen molar-refractivity contribution >= 4 is 17.4 Å². The molecule has 0 radical (unpaired) electrons. The van der Waals surface area contributed by atoms with E-state index in [1.807, 2.05) is 6.07 Å². The first-order valence-electron chi connectivity index (χ1n) is 9.21. The van der Waals surface area contributed by atoms with Crippen molar-refractivity contribution < 1.29 is 19.2 Å². The highest BCUT2D eigenvalue weighted by Crippen LogP contribution is 2.68. The number of carbonyl (C=O) groups is 2. The van der Waals surface area contributed by atoms with Gasteiger partial charge in [-0.15, -0.1) is 0 Å². The van der Waals surface area contributed by atoms with Crippen LogP contribution in [0.1, 0.15) is 31.7 Å². The van der Waals surface area contributed by atoms with Gasteiger partial charge in [-0.1, -0.05) is 18.2 Å². The Kier molecular flexibility index (Phi) is 2.51. The SMILES string of the molecule is COC(=O)C1=C2Nc3ccccc3[C@@]23C[C@@H]2C[C@]4(C(C)=O)ON2C3CC14. The topological polar surface area (TPSA) is 67.9 Å². The summed E-state index contributed by atoms with van der Waals surface area (Å²) in [4.78, 5) is 31.8. The average Bonchev–Trinajstić information content (AvgIpc) is 3.24. The molecule has 4 aliphatic heterocycles. The lowest BCUT2D eigenvalue weighted by Crippen LogP contribution is -2.61. The Morgan fingerprint density at radius 2 is 2.12 bits per heavy atom. The molecule has 1 aliphatic carbocycles. The molecule has 4 bridgehead atoms. The van der Waals surface area contributed by atoms with Crippen molar-refractivity contribution in [1.82, 2.24) is 5.06 Å². The first-order valence-corrected chi connectivity index (χ1v) is 9.21. The number of nitrogens with one attached hydrogen (secondary N) is 1. The number of hydrogen-bond acceptors (Lipinski definition) is 6. The smallest absolute Gasteiger partial charge is 0.335 e. The van der Waals surface area contributed by atoms with Crippen LogP contribution in [-0.2, 0) is 24.6 Å². The van der Waals surface area contributed by atoms with E-state index in [9.17, 15) is 9.59 Å². The summed E-state index contributed by atoms with van der Waals surface area (Å²) in [6, 6.07) is 8.62. The molecule has 3 fully saturated rings. The van der Waals surface area contributed by atoms with Gasteiger partial charge in [0.1, 0.15) is 0 Å². The molecule has 6 rings (SSSR count). The fourth-order valence-corrected chi connectivity index (χ4v) is 6.43. The zero-order valence-electron chi connectivity index (χ0n) is 14.7. The van der Waals surface area contributed by atoms with Crippen molar-refractivity contribution in [2.24, 2.45) is 5.92 Å². The third-order valence-corrected chi connectivity index (χ3v) is 7.36. The van der Waals surface area contributed by atoms with Crippen LogP contribution >= 0.6 is 0 Å². The van der Waals surface area contributed by atoms with Crippen molar-refractivity contribution in [3.63, 3.8) is 0 Å². The van der Waals surface area contributed by atoms with Gasteiger partial charge in [0, 0.05) is 29.8 Å². The summed E-state index contributed by atoms with van der Waals surface area (Å²) in [5, 5.41) is 5.61. The van der Waals surface area contributed by atoms with Crippen LogP contribution in [0.3, 0.4) is 0 Å². The number of ketones is 1. The Morgan fingerprint density at radius 3 is 2.88 bits per heavy atom. The number of esters is 1. The van der Waals surface area contributed by atoms with Crippen molar-refractivity contribution in [1.29, 1.82) is 0 Å². The standard InChI is InChI=1S/C20H20N2O4/c1-10(23)20-9-11-8-19-12-5-3-4-6-14(12)21-17(19)16(18(24)25-2)13(20)7-15(19)22(11)26-20/h3-6,11,13,15,21H,7-9H2,1-2H3/t11-,13?,15?,19-,20-/m1/s1. The number of fused-ring (bicyclic) bond motifs is 4. The minimum Gasteiger partial charge on any atom is -0.466 e. The number of para-hydroxylation sites is 1. The van der Waals surface area contributed by atoms with Gasteiger partial charge in [0.05, 0.1) is 24.1 Å². The van der Waals surface area contributed by atoms with Gasteiger partial charge in [0.25, 0.3) is 0 Å². The second-order valence-corrected chi connectivity index (χ2v) is 8.19. The summed E-state index contributed by atoms with van der Waals surface area (Å²) in [5.41, 5.74) is 2.62. The molecule has 1 aromatic rings. The predicted octanol–water partition coefficient (Wildman–Crippen LogP) is 1.92. The van der Waals surface area contributed by atoms with Gasteiger partial charge in [-0.25, -0.2) is 4.79 Å².